The van der Waals surface area contributed by atoms with Gasteiger partial charge >= 0.3 is 0 Å². The van der Waals surface area contributed by atoms with Crippen molar-refractivity contribution in [2.24, 2.45) is 4.99 Å². The molecule has 1 heterocycles. The molecule has 1 unspecified atom stereocenters. The molecule has 0 spiro atoms. The number of halogens is 1. The van der Waals surface area contributed by atoms with E-state index in [9.17, 15) is 12.8 Å². The first-order chi connectivity index (χ1) is 10.3. The van der Waals surface area contributed by atoms with Crippen LogP contribution in [0.15, 0.2) is 23.3 Å². The van der Waals surface area contributed by atoms with E-state index in [0.717, 1.165) is 0 Å². The van der Waals surface area contributed by atoms with Crippen LogP contribution in [0.25, 0.3) is 0 Å². The fraction of sp³-hybridized carbons (Fsp3) is 0.571. The van der Waals surface area contributed by atoms with E-state index in [1.807, 2.05) is 13.8 Å². The van der Waals surface area contributed by atoms with E-state index in [1.165, 1.54) is 24.6 Å². The van der Waals surface area contributed by atoms with Crippen molar-refractivity contribution in [1.29, 1.82) is 0 Å². The normalized spacial score (nSPS) is 13.7. The van der Waals surface area contributed by atoms with Crippen LogP contribution in [-0.4, -0.2) is 44.0 Å². The van der Waals surface area contributed by atoms with Gasteiger partial charge < -0.3 is 10.6 Å². The van der Waals surface area contributed by atoms with Crippen LogP contribution in [0.3, 0.4) is 0 Å². The highest BCUT2D eigenvalue weighted by atomic mass is 32.2. The lowest BCUT2D eigenvalue weighted by molar-refractivity contribution is 0.579. The molecule has 1 atom stereocenters. The topological polar surface area (TPSA) is 83.4 Å². The van der Waals surface area contributed by atoms with E-state index >= 15 is 0 Å². The van der Waals surface area contributed by atoms with Crippen LogP contribution in [0.5, 0.6) is 0 Å². The number of nitrogens with one attached hydrogen (secondary N) is 2. The van der Waals surface area contributed by atoms with Gasteiger partial charge in [0.15, 0.2) is 5.96 Å². The highest BCUT2D eigenvalue weighted by Crippen LogP contribution is 2.04. The smallest absolute Gasteiger partial charge is 0.191 e. The molecule has 0 aliphatic carbocycles. The van der Waals surface area contributed by atoms with Gasteiger partial charge in [0.25, 0.3) is 0 Å². The van der Waals surface area contributed by atoms with Gasteiger partial charge in [0.05, 0.1) is 18.0 Å². The minimum absolute atomic E-state index is 0.0684. The third kappa shape index (κ3) is 7.35. The number of hydrogen-bond acceptors (Lipinski definition) is 4. The Bertz CT molecular complexity index is 605. The third-order valence-corrected chi connectivity index (χ3v) is 3.85. The van der Waals surface area contributed by atoms with Crippen LogP contribution in [0.1, 0.15) is 26.0 Å². The van der Waals surface area contributed by atoms with Gasteiger partial charge in [-0.15, -0.1) is 0 Å². The summed E-state index contributed by atoms with van der Waals surface area (Å²) in [5, 5.41) is 6.14. The number of sulfone groups is 1. The maximum atomic E-state index is 13.5. The van der Waals surface area contributed by atoms with Gasteiger partial charge in [-0.3, -0.25) is 4.98 Å². The monoisotopic (exact) mass is 330 g/mol. The van der Waals surface area contributed by atoms with Crippen molar-refractivity contribution in [3.63, 3.8) is 0 Å². The molecule has 22 heavy (non-hydrogen) atoms. The predicted molar refractivity (Wildman–Crippen MR) is 85.9 cm³/mol. The van der Waals surface area contributed by atoms with Gasteiger partial charge in [-0.2, -0.15) is 0 Å². The molecular weight excluding hydrogens is 307 g/mol. The van der Waals surface area contributed by atoms with E-state index < -0.39 is 15.7 Å². The second-order valence-corrected chi connectivity index (χ2v) is 7.35. The Morgan fingerprint density at radius 2 is 2.23 bits per heavy atom. The third-order valence-electron chi connectivity index (χ3n) is 2.87. The average molecular weight is 330 g/mol. The summed E-state index contributed by atoms with van der Waals surface area (Å²) in [7, 11) is -2.99. The number of hydrogen-bond donors (Lipinski definition) is 2. The first kappa shape index (κ1) is 18.3. The molecule has 0 aliphatic rings. The standard InChI is InChI=1S/C14H23FN4O2S/c1-4-16-14(19-11(2)7-9-22(3,20)21)18-10-13-12(15)6-5-8-17-13/h5-6,8,11H,4,7,9-10H2,1-3H3,(H2,16,18,19). The molecular formula is C14H23FN4O2S. The van der Waals surface area contributed by atoms with E-state index in [4.69, 9.17) is 0 Å². The van der Waals surface area contributed by atoms with Crippen molar-refractivity contribution in [3.05, 3.63) is 29.8 Å². The molecule has 1 rings (SSSR count). The molecule has 0 fully saturated rings. The largest absolute Gasteiger partial charge is 0.357 e. The summed E-state index contributed by atoms with van der Waals surface area (Å²) in [5.41, 5.74) is 0.267. The first-order valence-electron chi connectivity index (χ1n) is 7.13. The zero-order valence-corrected chi connectivity index (χ0v) is 14.0. The van der Waals surface area contributed by atoms with Crippen molar-refractivity contribution in [3.8, 4) is 0 Å². The number of guanidine groups is 1. The molecule has 1 aromatic rings. The molecule has 8 heteroatoms. The number of aromatic nitrogens is 1. The Labute approximate surface area is 131 Å². The Morgan fingerprint density at radius 3 is 2.82 bits per heavy atom. The van der Waals surface area contributed by atoms with E-state index in [-0.39, 0.29) is 24.0 Å². The summed E-state index contributed by atoms with van der Waals surface area (Å²) in [6.45, 7) is 4.55. The average Bonchev–Trinajstić information content (AvgIpc) is 2.43. The highest BCUT2D eigenvalue weighted by molar-refractivity contribution is 7.90. The molecule has 1 aromatic heterocycles. The Morgan fingerprint density at radius 1 is 1.50 bits per heavy atom. The number of aliphatic imine (C=N–C) groups is 1. The number of nitrogens with zero attached hydrogens (tertiary/aromatic N) is 2. The molecule has 0 saturated carbocycles. The summed E-state index contributed by atoms with van der Waals surface area (Å²) in [4.78, 5) is 8.21. The van der Waals surface area contributed by atoms with Gasteiger partial charge in [0.2, 0.25) is 0 Å². The minimum atomic E-state index is -2.99. The van der Waals surface area contributed by atoms with E-state index in [0.29, 0.717) is 18.9 Å². The molecule has 2 N–H and O–H groups in total. The fourth-order valence-electron chi connectivity index (χ4n) is 1.71. The lowest BCUT2D eigenvalue weighted by atomic mass is 10.3. The summed E-state index contributed by atoms with van der Waals surface area (Å²) in [6.07, 6.45) is 3.20. The van der Waals surface area contributed by atoms with Crippen LogP contribution >= 0.6 is 0 Å². The van der Waals surface area contributed by atoms with Crippen LogP contribution in [0, 0.1) is 5.82 Å². The molecule has 0 amide bonds. The van der Waals surface area contributed by atoms with Crippen LogP contribution in [0.4, 0.5) is 4.39 Å². The van der Waals surface area contributed by atoms with E-state index in [2.05, 4.69) is 20.6 Å². The van der Waals surface area contributed by atoms with Crippen molar-refractivity contribution < 1.29 is 12.8 Å². The maximum Gasteiger partial charge on any atom is 0.191 e. The summed E-state index contributed by atoms with van der Waals surface area (Å²) >= 11 is 0. The molecule has 124 valence electrons. The zero-order valence-electron chi connectivity index (χ0n) is 13.1. The SMILES string of the molecule is CCNC(=NCc1ncccc1F)NC(C)CCS(C)(=O)=O. The maximum absolute atomic E-state index is 13.5. The Balaban J connectivity index is 2.64. The summed E-state index contributed by atoms with van der Waals surface area (Å²) in [5.74, 6) is 0.218. The molecule has 0 bridgehead atoms. The van der Waals surface area contributed by atoms with Crippen molar-refractivity contribution >= 4 is 15.8 Å². The van der Waals surface area contributed by atoms with Crippen molar-refractivity contribution in [1.82, 2.24) is 15.6 Å². The van der Waals surface area contributed by atoms with Gasteiger partial charge in [-0.25, -0.2) is 17.8 Å². The lowest BCUT2D eigenvalue weighted by Crippen LogP contribution is -2.42. The molecule has 6 nitrogen and oxygen atoms in total. The van der Waals surface area contributed by atoms with Crippen LogP contribution in [0.2, 0.25) is 0 Å². The van der Waals surface area contributed by atoms with Crippen molar-refractivity contribution in [2.45, 2.75) is 32.9 Å². The Kier molecular flexibility index (Phi) is 7.23. The molecule has 0 aliphatic heterocycles. The summed E-state index contributed by atoms with van der Waals surface area (Å²) in [6, 6.07) is 2.80. The van der Waals surface area contributed by atoms with Gasteiger partial charge in [-0.05, 0) is 32.4 Å². The lowest BCUT2D eigenvalue weighted by Gasteiger charge is -2.17. The molecule has 0 aromatic carbocycles. The number of rotatable bonds is 7. The first-order valence-corrected chi connectivity index (χ1v) is 9.20. The van der Waals surface area contributed by atoms with Gasteiger partial charge in [0, 0.05) is 25.0 Å². The molecule has 0 saturated heterocycles. The fourth-order valence-corrected chi connectivity index (χ4v) is 2.49. The highest BCUT2D eigenvalue weighted by Gasteiger charge is 2.10. The predicted octanol–water partition coefficient (Wildman–Crippen LogP) is 1.10. The van der Waals surface area contributed by atoms with Crippen molar-refractivity contribution in [2.75, 3.05) is 18.6 Å². The van der Waals surface area contributed by atoms with E-state index in [1.54, 1.807) is 0 Å². The van der Waals surface area contributed by atoms with Gasteiger partial charge in [0.1, 0.15) is 15.7 Å². The zero-order chi connectivity index (χ0) is 16.6. The Hall–Kier alpha value is -1.70. The second-order valence-electron chi connectivity index (χ2n) is 5.09. The van der Waals surface area contributed by atoms with Gasteiger partial charge in [-0.1, -0.05) is 0 Å². The van der Waals surface area contributed by atoms with Crippen LogP contribution in [-0.2, 0) is 16.4 Å². The number of pyridine rings is 1. The summed E-state index contributed by atoms with van der Waals surface area (Å²) < 4.78 is 35.8. The minimum Gasteiger partial charge on any atom is -0.357 e. The molecule has 0 radical (unpaired) electrons. The quantitative estimate of drug-likeness (QED) is 0.578. The van der Waals surface area contributed by atoms with Crippen LogP contribution < -0.4 is 10.6 Å². The second kappa shape index (κ2) is 8.67.